The third-order valence-electron chi connectivity index (χ3n) is 5.78. The Morgan fingerprint density at radius 1 is 1.00 bits per heavy atom. The molecular weight excluding hydrogens is 472 g/mol. The molecule has 0 aliphatic carbocycles. The summed E-state index contributed by atoms with van der Waals surface area (Å²) in [5.41, 5.74) is 1.31. The van der Waals surface area contributed by atoms with E-state index < -0.39 is 41.6 Å². The van der Waals surface area contributed by atoms with E-state index in [1.807, 2.05) is 26.0 Å². The van der Waals surface area contributed by atoms with Crippen LogP contribution in [0.15, 0.2) is 70.5 Å². The van der Waals surface area contributed by atoms with Crippen LogP contribution in [0.2, 0.25) is 0 Å². The van der Waals surface area contributed by atoms with Crippen LogP contribution < -0.4 is 10.6 Å². The quantitative estimate of drug-likeness (QED) is 0.465. The number of amides is 4. The topological polar surface area (TPSA) is 78.5 Å². The highest BCUT2D eigenvalue weighted by Crippen LogP contribution is 2.32. The maximum Gasteiger partial charge on any atom is 0.325 e. The average molecular weight is 496 g/mol. The Morgan fingerprint density at radius 2 is 1.71 bits per heavy atom. The monoisotopic (exact) mass is 495 g/mol. The Labute approximate surface area is 205 Å². The smallest absolute Gasteiger partial charge is 0.325 e. The first-order chi connectivity index (χ1) is 16.6. The second kappa shape index (κ2) is 9.50. The van der Waals surface area contributed by atoms with Crippen LogP contribution in [-0.2, 0) is 15.1 Å². The normalized spacial score (nSPS) is 17.5. The van der Waals surface area contributed by atoms with E-state index in [1.54, 1.807) is 23.9 Å². The Morgan fingerprint density at radius 3 is 2.40 bits per heavy atom. The molecule has 4 amide bonds. The highest BCUT2D eigenvalue weighted by atomic mass is 32.2. The fourth-order valence-electron chi connectivity index (χ4n) is 3.74. The highest BCUT2D eigenvalue weighted by molar-refractivity contribution is 7.99. The van der Waals surface area contributed by atoms with Crippen LogP contribution in [0.3, 0.4) is 0 Å². The molecule has 9 heteroatoms. The Hall–Kier alpha value is -3.72. The fourth-order valence-corrected chi connectivity index (χ4v) is 4.74. The van der Waals surface area contributed by atoms with E-state index in [0.717, 1.165) is 26.8 Å². The van der Waals surface area contributed by atoms with Crippen molar-refractivity contribution in [3.63, 3.8) is 0 Å². The first kappa shape index (κ1) is 24.4. The number of urea groups is 1. The Bertz CT molecular complexity index is 1330. The first-order valence-corrected chi connectivity index (χ1v) is 11.6. The van der Waals surface area contributed by atoms with Crippen LogP contribution in [0.4, 0.5) is 19.3 Å². The van der Waals surface area contributed by atoms with Crippen molar-refractivity contribution in [3.05, 3.63) is 89.0 Å². The van der Waals surface area contributed by atoms with Crippen LogP contribution in [-0.4, -0.2) is 29.3 Å². The van der Waals surface area contributed by atoms with Gasteiger partial charge in [-0.3, -0.25) is 14.5 Å². The van der Waals surface area contributed by atoms with Gasteiger partial charge in [-0.05, 0) is 79.9 Å². The summed E-state index contributed by atoms with van der Waals surface area (Å²) in [5, 5.41) is 5.14. The molecule has 0 saturated carbocycles. The molecule has 3 aromatic carbocycles. The molecule has 1 aliphatic rings. The predicted molar refractivity (Wildman–Crippen MR) is 129 cm³/mol. The highest BCUT2D eigenvalue weighted by Gasteiger charge is 2.49. The number of anilines is 1. The number of carbonyl (C=O) groups is 3. The first-order valence-electron chi connectivity index (χ1n) is 10.8. The molecule has 3 aromatic rings. The van der Waals surface area contributed by atoms with Crippen LogP contribution >= 0.6 is 11.8 Å². The number of aryl methyl sites for hydroxylation is 2. The molecule has 1 heterocycles. The Kier molecular flexibility index (Phi) is 6.62. The van der Waals surface area contributed by atoms with Crippen LogP contribution in [0, 0.1) is 25.5 Å². The van der Waals surface area contributed by atoms with E-state index in [1.165, 1.54) is 24.1 Å². The summed E-state index contributed by atoms with van der Waals surface area (Å²) in [5.74, 6) is -3.51. The van der Waals surface area contributed by atoms with Gasteiger partial charge in [0, 0.05) is 15.5 Å². The average Bonchev–Trinajstić information content (AvgIpc) is 3.03. The van der Waals surface area contributed by atoms with Crippen molar-refractivity contribution in [1.82, 2.24) is 10.2 Å². The molecule has 4 rings (SSSR count). The second-order valence-corrected chi connectivity index (χ2v) is 9.63. The van der Waals surface area contributed by atoms with Gasteiger partial charge in [0.1, 0.15) is 12.1 Å². The largest absolute Gasteiger partial charge is 0.325 e. The summed E-state index contributed by atoms with van der Waals surface area (Å²) in [6.45, 7) is 4.94. The van der Waals surface area contributed by atoms with Gasteiger partial charge in [-0.1, -0.05) is 30.0 Å². The van der Waals surface area contributed by atoms with Crippen molar-refractivity contribution < 1.29 is 23.2 Å². The number of imide groups is 1. The van der Waals surface area contributed by atoms with Gasteiger partial charge in [-0.25, -0.2) is 13.6 Å². The van der Waals surface area contributed by atoms with Crippen molar-refractivity contribution in [2.24, 2.45) is 0 Å². The summed E-state index contributed by atoms with van der Waals surface area (Å²) >= 11 is 1.61. The van der Waals surface area contributed by atoms with Crippen molar-refractivity contribution in [2.75, 3.05) is 11.9 Å². The minimum Gasteiger partial charge on any atom is -0.325 e. The van der Waals surface area contributed by atoms with Gasteiger partial charge < -0.3 is 10.6 Å². The van der Waals surface area contributed by atoms with E-state index in [4.69, 9.17) is 0 Å². The van der Waals surface area contributed by atoms with Gasteiger partial charge in [0.05, 0.1) is 0 Å². The summed E-state index contributed by atoms with van der Waals surface area (Å²) in [7, 11) is 0. The summed E-state index contributed by atoms with van der Waals surface area (Å²) < 4.78 is 27.0. The second-order valence-electron chi connectivity index (χ2n) is 8.52. The van der Waals surface area contributed by atoms with E-state index in [-0.39, 0.29) is 5.56 Å². The molecule has 1 atom stereocenters. The SMILES string of the molecule is Cc1ccc(C)c(Sc2ccc(NC(=O)CN3C(=O)NC(C)(c4ccc(F)c(F)c4)C3=O)cc2)c1. The molecule has 1 saturated heterocycles. The van der Waals surface area contributed by atoms with E-state index in [2.05, 4.69) is 28.8 Å². The molecule has 0 radical (unpaired) electrons. The van der Waals surface area contributed by atoms with E-state index >= 15 is 0 Å². The number of benzene rings is 3. The van der Waals surface area contributed by atoms with Crippen molar-refractivity contribution >= 4 is 35.3 Å². The lowest BCUT2D eigenvalue weighted by atomic mass is 9.92. The number of nitrogens with one attached hydrogen (secondary N) is 2. The van der Waals surface area contributed by atoms with Gasteiger partial charge in [0.2, 0.25) is 5.91 Å². The zero-order chi connectivity index (χ0) is 25.3. The van der Waals surface area contributed by atoms with Gasteiger partial charge in [-0.2, -0.15) is 0 Å². The summed E-state index contributed by atoms with van der Waals surface area (Å²) in [6, 6.07) is 15.6. The van der Waals surface area contributed by atoms with Gasteiger partial charge >= 0.3 is 6.03 Å². The molecule has 180 valence electrons. The third kappa shape index (κ3) is 5.05. The lowest BCUT2D eigenvalue weighted by Gasteiger charge is -2.22. The molecule has 0 spiro atoms. The van der Waals surface area contributed by atoms with Gasteiger partial charge in [0.15, 0.2) is 11.6 Å². The zero-order valence-corrected chi connectivity index (χ0v) is 20.1. The lowest BCUT2D eigenvalue weighted by Crippen LogP contribution is -2.42. The molecule has 0 aromatic heterocycles. The van der Waals surface area contributed by atoms with E-state index in [9.17, 15) is 23.2 Å². The van der Waals surface area contributed by atoms with Crippen LogP contribution in [0.1, 0.15) is 23.6 Å². The maximum absolute atomic E-state index is 13.7. The standard InChI is InChI=1S/C26H23F2N3O3S/c1-15-4-5-16(2)22(12-15)35-19-9-7-18(8-10-19)29-23(32)14-31-24(33)26(3,30-25(31)34)17-6-11-20(27)21(28)13-17/h4-13H,14H2,1-3H3,(H,29,32)(H,30,34). The van der Waals surface area contributed by atoms with Gasteiger partial charge in [0.25, 0.3) is 5.91 Å². The minimum atomic E-state index is -1.61. The van der Waals surface area contributed by atoms with E-state index in [0.29, 0.717) is 5.69 Å². The number of halogens is 2. The number of rotatable bonds is 6. The predicted octanol–water partition coefficient (Wildman–Crippen LogP) is 5.14. The fraction of sp³-hybridized carbons (Fsp3) is 0.192. The maximum atomic E-state index is 13.7. The molecule has 1 aliphatic heterocycles. The lowest BCUT2D eigenvalue weighted by molar-refractivity contribution is -0.133. The molecule has 0 bridgehead atoms. The molecule has 2 N–H and O–H groups in total. The molecule has 1 fully saturated rings. The number of nitrogens with zero attached hydrogens (tertiary/aromatic N) is 1. The van der Waals surface area contributed by atoms with Crippen molar-refractivity contribution in [2.45, 2.75) is 36.1 Å². The van der Waals surface area contributed by atoms with Gasteiger partial charge in [-0.15, -0.1) is 0 Å². The minimum absolute atomic E-state index is 0.0783. The summed E-state index contributed by atoms with van der Waals surface area (Å²) in [4.78, 5) is 40.8. The Balaban J connectivity index is 1.41. The van der Waals surface area contributed by atoms with Crippen LogP contribution in [0.5, 0.6) is 0 Å². The number of hydrogen-bond donors (Lipinski definition) is 2. The molecule has 35 heavy (non-hydrogen) atoms. The van der Waals surface area contributed by atoms with Crippen molar-refractivity contribution in [3.8, 4) is 0 Å². The number of carbonyl (C=O) groups excluding carboxylic acids is 3. The molecule has 6 nitrogen and oxygen atoms in total. The van der Waals surface area contributed by atoms with Crippen molar-refractivity contribution in [1.29, 1.82) is 0 Å². The molecule has 1 unspecified atom stereocenters. The van der Waals surface area contributed by atoms with Crippen LogP contribution in [0.25, 0.3) is 0 Å². The third-order valence-corrected chi connectivity index (χ3v) is 6.95. The number of hydrogen-bond acceptors (Lipinski definition) is 4. The molecular formula is C26H23F2N3O3S. The zero-order valence-electron chi connectivity index (χ0n) is 19.3. The summed E-state index contributed by atoms with van der Waals surface area (Å²) in [6.07, 6.45) is 0.